The molecule has 0 aliphatic carbocycles. The van der Waals surface area contributed by atoms with Crippen molar-refractivity contribution in [3.05, 3.63) is 96.2 Å². The summed E-state index contributed by atoms with van der Waals surface area (Å²) in [6.45, 7) is 2.13. The smallest absolute Gasteiger partial charge is 0.301 e. The van der Waals surface area contributed by atoms with Crippen LogP contribution in [0.25, 0.3) is 0 Å². The van der Waals surface area contributed by atoms with Gasteiger partial charge in [0.15, 0.2) is 11.5 Å². The second-order valence-electron chi connectivity index (χ2n) is 6.73. The fourth-order valence-electron chi connectivity index (χ4n) is 2.89. The van der Waals surface area contributed by atoms with Gasteiger partial charge in [0, 0.05) is 11.6 Å². The van der Waals surface area contributed by atoms with Crippen molar-refractivity contribution in [3.63, 3.8) is 0 Å². The van der Waals surface area contributed by atoms with Gasteiger partial charge in [-0.3, -0.25) is 25.7 Å². The Hall–Kier alpha value is -4.06. The predicted octanol–water partition coefficient (Wildman–Crippen LogP) is 5.83. The fourth-order valence-corrected chi connectivity index (χ4v) is 3.46. The number of nitro groups is 2. The number of nitrogens with one attached hydrogen (secondary N) is 1. The standard InChI is InChI=1S/C22H18BrFN4O6/c1-2-33-21-10-14(9-17(23)22(21)34-13-15-5-3-4-6-18(15)24)12-25-26-19-8-7-16(27(29)30)11-20(19)28(31)32/h3-12,26H,2,13H2,1H3/b25-12-. The topological polar surface area (TPSA) is 129 Å². The normalized spacial score (nSPS) is 10.8. The van der Waals surface area contributed by atoms with Crippen LogP contribution >= 0.6 is 15.9 Å². The van der Waals surface area contributed by atoms with Crippen LogP contribution in [0.5, 0.6) is 11.5 Å². The summed E-state index contributed by atoms with van der Waals surface area (Å²) < 4.78 is 25.9. The monoisotopic (exact) mass is 532 g/mol. The van der Waals surface area contributed by atoms with Crippen molar-refractivity contribution in [2.45, 2.75) is 13.5 Å². The van der Waals surface area contributed by atoms with Crippen molar-refractivity contribution in [2.24, 2.45) is 5.10 Å². The molecule has 0 aliphatic heterocycles. The van der Waals surface area contributed by atoms with E-state index in [2.05, 4.69) is 26.5 Å². The summed E-state index contributed by atoms with van der Waals surface area (Å²) in [5.74, 6) is 0.379. The number of rotatable bonds is 10. The fraction of sp³-hybridized carbons (Fsp3) is 0.136. The van der Waals surface area contributed by atoms with Crippen molar-refractivity contribution >= 4 is 39.2 Å². The molecule has 0 atom stereocenters. The Morgan fingerprint density at radius 2 is 1.85 bits per heavy atom. The van der Waals surface area contributed by atoms with Crippen LogP contribution in [-0.4, -0.2) is 22.7 Å². The van der Waals surface area contributed by atoms with Crippen molar-refractivity contribution in [2.75, 3.05) is 12.0 Å². The molecule has 0 saturated heterocycles. The second kappa shape index (κ2) is 11.2. The van der Waals surface area contributed by atoms with Crippen LogP contribution in [0.15, 0.2) is 64.2 Å². The van der Waals surface area contributed by atoms with Crippen molar-refractivity contribution in [1.29, 1.82) is 0 Å². The summed E-state index contributed by atoms with van der Waals surface area (Å²) in [5, 5.41) is 26.1. The third-order valence-electron chi connectivity index (χ3n) is 4.45. The Kier molecular flexibility index (Phi) is 8.09. The van der Waals surface area contributed by atoms with E-state index < -0.39 is 21.2 Å². The van der Waals surface area contributed by atoms with Gasteiger partial charge in [0.05, 0.1) is 33.2 Å². The maximum atomic E-state index is 13.9. The zero-order chi connectivity index (χ0) is 24.7. The van der Waals surface area contributed by atoms with Gasteiger partial charge >= 0.3 is 5.69 Å². The molecule has 12 heteroatoms. The first-order valence-corrected chi connectivity index (χ1v) is 10.6. The van der Waals surface area contributed by atoms with Crippen molar-refractivity contribution < 1.29 is 23.7 Å². The average molecular weight is 533 g/mol. The van der Waals surface area contributed by atoms with Crippen LogP contribution in [0, 0.1) is 26.0 Å². The molecule has 0 aliphatic rings. The number of non-ortho nitro benzene ring substituents is 1. The molecule has 176 valence electrons. The molecule has 3 aromatic carbocycles. The molecule has 0 aromatic heterocycles. The number of benzene rings is 3. The summed E-state index contributed by atoms with van der Waals surface area (Å²) in [5.41, 5.74) is 2.57. The zero-order valence-electron chi connectivity index (χ0n) is 17.7. The second-order valence-corrected chi connectivity index (χ2v) is 7.58. The summed E-state index contributed by atoms with van der Waals surface area (Å²) >= 11 is 3.42. The van der Waals surface area contributed by atoms with Crippen molar-refractivity contribution in [3.8, 4) is 11.5 Å². The van der Waals surface area contributed by atoms with E-state index in [1.807, 2.05) is 0 Å². The molecule has 0 saturated carbocycles. The largest absolute Gasteiger partial charge is 0.490 e. The molecule has 0 heterocycles. The lowest BCUT2D eigenvalue weighted by atomic mass is 10.2. The molecular weight excluding hydrogens is 515 g/mol. The number of hydrazone groups is 1. The number of halogens is 2. The van der Waals surface area contributed by atoms with E-state index in [1.54, 1.807) is 37.3 Å². The Morgan fingerprint density at radius 3 is 2.53 bits per heavy atom. The number of hydrogen-bond acceptors (Lipinski definition) is 8. The molecule has 0 amide bonds. The van der Waals surface area contributed by atoms with Crippen LogP contribution in [0.1, 0.15) is 18.1 Å². The average Bonchev–Trinajstić information content (AvgIpc) is 2.79. The van der Waals surface area contributed by atoms with Crippen LogP contribution < -0.4 is 14.9 Å². The highest BCUT2D eigenvalue weighted by atomic mass is 79.9. The third-order valence-corrected chi connectivity index (χ3v) is 5.04. The summed E-state index contributed by atoms with van der Waals surface area (Å²) in [7, 11) is 0. The molecule has 3 aromatic rings. The highest BCUT2D eigenvalue weighted by molar-refractivity contribution is 9.10. The quantitative estimate of drug-likeness (QED) is 0.197. The first-order valence-electron chi connectivity index (χ1n) is 9.84. The summed E-state index contributed by atoms with van der Waals surface area (Å²) in [4.78, 5) is 20.6. The number of anilines is 1. The van der Waals surface area contributed by atoms with Crippen LogP contribution in [-0.2, 0) is 6.61 Å². The summed E-state index contributed by atoms with van der Waals surface area (Å²) in [6, 6.07) is 12.8. The molecule has 0 spiro atoms. The van der Waals surface area contributed by atoms with E-state index in [-0.39, 0.29) is 18.1 Å². The highest BCUT2D eigenvalue weighted by Crippen LogP contribution is 2.37. The van der Waals surface area contributed by atoms with Gasteiger partial charge in [-0.05, 0) is 52.7 Å². The first-order chi connectivity index (χ1) is 16.3. The minimum absolute atomic E-state index is 0.00977. The lowest BCUT2D eigenvalue weighted by Gasteiger charge is -2.15. The molecule has 1 N–H and O–H groups in total. The SMILES string of the molecule is CCOc1cc(/C=N\Nc2ccc([N+](=O)[O-])cc2[N+](=O)[O-])cc(Br)c1OCc1ccccc1F. The van der Waals surface area contributed by atoms with E-state index in [0.717, 1.165) is 12.1 Å². The molecule has 0 radical (unpaired) electrons. The lowest BCUT2D eigenvalue weighted by Crippen LogP contribution is -2.03. The number of ether oxygens (including phenoxy) is 2. The molecule has 0 bridgehead atoms. The molecule has 0 unspecified atom stereocenters. The number of nitro benzene ring substituents is 2. The third kappa shape index (κ3) is 6.04. The minimum Gasteiger partial charge on any atom is -0.490 e. The Morgan fingerprint density at radius 1 is 1.09 bits per heavy atom. The maximum Gasteiger partial charge on any atom is 0.301 e. The van der Waals surface area contributed by atoms with Gasteiger partial charge in [0.25, 0.3) is 5.69 Å². The molecule has 3 rings (SSSR count). The Labute approximate surface area is 201 Å². The van der Waals surface area contributed by atoms with Gasteiger partial charge < -0.3 is 9.47 Å². The van der Waals surface area contributed by atoms with Crippen molar-refractivity contribution in [1.82, 2.24) is 0 Å². The van der Waals surface area contributed by atoms with Gasteiger partial charge in [-0.15, -0.1) is 0 Å². The van der Waals surface area contributed by atoms with Gasteiger partial charge in [0.1, 0.15) is 18.1 Å². The lowest BCUT2D eigenvalue weighted by molar-refractivity contribution is -0.393. The first kappa shape index (κ1) is 24.6. The minimum atomic E-state index is -0.740. The van der Waals surface area contributed by atoms with Gasteiger partial charge in [-0.1, -0.05) is 18.2 Å². The van der Waals surface area contributed by atoms with Gasteiger partial charge in [0.2, 0.25) is 0 Å². The Bertz CT molecular complexity index is 1250. The van der Waals surface area contributed by atoms with E-state index in [0.29, 0.717) is 33.7 Å². The molecule has 34 heavy (non-hydrogen) atoms. The van der Waals surface area contributed by atoms with E-state index in [4.69, 9.17) is 9.47 Å². The van der Waals surface area contributed by atoms with E-state index >= 15 is 0 Å². The van der Waals surface area contributed by atoms with Gasteiger partial charge in [-0.2, -0.15) is 5.10 Å². The van der Waals surface area contributed by atoms with Crippen LogP contribution in [0.2, 0.25) is 0 Å². The number of hydrogen-bond donors (Lipinski definition) is 1. The molecule has 10 nitrogen and oxygen atoms in total. The highest BCUT2D eigenvalue weighted by Gasteiger charge is 2.19. The van der Waals surface area contributed by atoms with E-state index in [9.17, 15) is 24.6 Å². The predicted molar refractivity (Wildman–Crippen MR) is 127 cm³/mol. The summed E-state index contributed by atoms with van der Waals surface area (Å²) in [6.07, 6.45) is 1.39. The van der Waals surface area contributed by atoms with E-state index in [1.165, 1.54) is 18.3 Å². The Balaban J connectivity index is 1.81. The van der Waals surface area contributed by atoms with Crippen LogP contribution in [0.4, 0.5) is 21.5 Å². The zero-order valence-corrected chi connectivity index (χ0v) is 19.3. The molecular formula is C22H18BrFN4O6. The molecule has 0 fully saturated rings. The maximum absolute atomic E-state index is 13.9. The number of nitrogens with zero attached hydrogens (tertiary/aromatic N) is 3. The van der Waals surface area contributed by atoms with Gasteiger partial charge in [-0.25, -0.2) is 4.39 Å². The van der Waals surface area contributed by atoms with Crippen LogP contribution in [0.3, 0.4) is 0 Å².